The number of hydrogen-bond donors (Lipinski definition) is 1. The normalized spacial score (nSPS) is 11.3. The zero-order valence-corrected chi connectivity index (χ0v) is 25.9. The molecule has 0 unspecified atom stereocenters. The van der Waals surface area contributed by atoms with Gasteiger partial charge in [0.1, 0.15) is 5.75 Å². The third-order valence-corrected chi connectivity index (χ3v) is 9.04. The van der Waals surface area contributed by atoms with E-state index in [2.05, 4.69) is 23.5 Å². The summed E-state index contributed by atoms with van der Waals surface area (Å²) in [5.74, 6) is 0.350. The van der Waals surface area contributed by atoms with E-state index in [1.165, 1.54) is 30.6 Å². The number of nitrogens with zero attached hydrogens (tertiary/aromatic N) is 3. The van der Waals surface area contributed by atoms with Crippen molar-refractivity contribution in [2.75, 3.05) is 42.9 Å². The number of nitrogens with one attached hydrogen (secondary N) is 1. The Morgan fingerprint density at radius 1 is 1.02 bits per heavy atom. The number of amides is 1. The Balaban J connectivity index is 0.00000441. The lowest BCUT2D eigenvalue weighted by molar-refractivity contribution is 0.0984. The van der Waals surface area contributed by atoms with Crippen LogP contribution in [0, 0.1) is 6.92 Å². The van der Waals surface area contributed by atoms with Gasteiger partial charge >= 0.3 is 0 Å². The van der Waals surface area contributed by atoms with Gasteiger partial charge in [0, 0.05) is 29.4 Å². The first kappa shape index (κ1) is 31.6. The van der Waals surface area contributed by atoms with E-state index in [9.17, 15) is 13.2 Å². The molecule has 12 heteroatoms. The Hall–Kier alpha value is -2.89. The number of hydrogen-bond acceptors (Lipinski definition) is 7. The molecule has 0 aliphatic carbocycles. The van der Waals surface area contributed by atoms with Gasteiger partial charge in [0.2, 0.25) is 0 Å². The number of rotatable bonds is 11. The van der Waals surface area contributed by atoms with Crippen molar-refractivity contribution < 1.29 is 17.9 Å². The minimum absolute atomic E-state index is 0. The van der Waals surface area contributed by atoms with E-state index < -0.39 is 10.0 Å². The van der Waals surface area contributed by atoms with Crippen LogP contribution in [0.1, 0.15) is 29.8 Å². The largest absolute Gasteiger partial charge is 0.497 e. The molecule has 4 aromatic rings. The van der Waals surface area contributed by atoms with Gasteiger partial charge in [-0.05, 0) is 86.2 Å². The van der Waals surface area contributed by atoms with E-state index in [1.807, 2.05) is 19.1 Å². The van der Waals surface area contributed by atoms with Gasteiger partial charge in [-0.3, -0.25) is 14.4 Å². The van der Waals surface area contributed by atoms with Crippen LogP contribution in [-0.4, -0.2) is 57.5 Å². The van der Waals surface area contributed by atoms with Gasteiger partial charge in [0.15, 0.2) is 5.13 Å². The number of halogens is 2. The minimum atomic E-state index is -3.80. The Kier molecular flexibility index (Phi) is 10.8. The van der Waals surface area contributed by atoms with Crippen molar-refractivity contribution in [2.45, 2.75) is 25.7 Å². The second-order valence-electron chi connectivity index (χ2n) is 8.91. The zero-order chi connectivity index (χ0) is 28.2. The Labute approximate surface area is 250 Å². The van der Waals surface area contributed by atoms with Crippen LogP contribution in [0.5, 0.6) is 5.75 Å². The molecule has 0 aliphatic heterocycles. The Morgan fingerprint density at radius 2 is 1.68 bits per heavy atom. The molecule has 1 N–H and O–H groups in total. The highest BCUT2D eigenvalue weighted by Gasteiger charge is 2.23. The number of ether oxygens (including phenoxy) is 1. The number of benzene rings is 3. The number of carbonyl (C=O) groups excluding carboxylic acids is 1. The molecule has 0 spiro atoms. The SMILES string of the molecule is CCN(CC)CCN(C(=O)c1ccc(NS(=O)(=O)c2ccc(OC)cc2)cc1)c1nc2c(C)cc(Cl)cc2s1.Cl. The third kappa shape index (κ3) is 7.24. The fraction of sp³-hybridized carbons (Fsp3) is 0.286. The average Bonchev–Trinajstić information content (AvgIpc) is 3.35. The number of likely N-dealkylation sites (N-methyl/N-ethyl adjacent to an activating group) is 1. The molecule has 1 amide bonds. The van der Waals surface area contributed by atoms with Crippen LogP contribution < -0.4 is 14.4 Å². The van der Waals surface area contributed by atoms with Gasteiger partial charge in [-0.1, -0.05) is 36.8 Å². The summed E-state index contributed by atoms with van der Waals surface area (Å²) in [5.41, 5.74) is 2.55. The van der Waals surface area contributed by atoms with Crippen LogP contribution in [0.3, 0.4) is 0 Å². The number of carbonyl (C=O) groups is 1. The van der Waals surface area contributed by atoms with Crippen LogP contribution in [0.2, 0.25) is 5.02 Å². The van der Waals surface area contributed by atoms with E-state index in [-0.39, 0.29) is 23.2 Å². The molecule has 0 atom stereocenters. The molecule has 40 heavy (non-hydrogen) atoms. The summed E-state index contributed by atoms with van der Waals surface area (Å²) in [7, 11) is -2.29. The van der Waals surface area contributed by atoms with Gasteiger partial charge in [-0.2, -0.15) is 0 Å². The molecule has 214 valence electrons. The second-order valence-corrected chi connectivity index (χ2v) is 12.0. The number of aryl methyl sites for hydroxylation is 1. The molecule has 1 aromatic heterocycles. The highest BCUT2D eigenvalue weighted by Crippen LogP contribution is 2.34. The summed E-state index contributed by atoms with van der Waals surface area (Å²) in [6, 6.07) is 16.2. The Morgan fingerprint density at radius 3 is 2.27 bits per heavy atom. The molecule has 0 saturated carbocycles. The van der Waals surface area contributed by atoms with E-state index in [1.54, 1.807) is 41.3 Å². The van der Waals surface area contributed by atoms with Crippen molar-refractivity contribution in [1.29, 1.82) is 0 Å². The van der Waals surface area contributed by atoms with Crippen LogP contribution >= 0.6 is 35.3 Å². The number of thiazole rings is 1. The first-order valence-corrected chi connectivity index (χ1v) is 15.2. The van der Waals surface area contributed by atoms with Crippen LogP contribution in [0.25, 0.3) is 10.2 Å². The second kappa shape index (κ2) is 13.6. The third-order valence-electron chi connectivity index (χ3n) is 6.40. The van der Waals surface area contributed by atoms with Crippen LogP contribution in [0.4, 0.5) is 10.8 Å². The molecule has 8 nitrogen and oxygen atoms in total. The van der Waals surface area contributed by atoms with Crippen molar-refractivity contribution in [2.24, 2.45) is 0 Å². The number of sulfonamides is 1. The van der Waals surface area contributed by atoms with Gasteiger partial charge in [0.05, 0.1) is 22.2 Å². The monoisotopic (exact) mass is 622 g/mol. The quantitative estimate of drug-likeness (QED) is 0.206. The van der Waals surface area contributed by atoms with Crippen molar-refractivity contribution in [1.82, 2.24) is 9.88 Å². The summed E-state index contributed by atoms with van der Waals surface area (Å²) in [5, 5.41) is 1.22. The number of fused-ring (bicyclic) bond motifs is 1. The molecule has 1 heterocycles. The molecular formula is C28H32Cl2N4O4S2. The van der Waals surface area contributed by atoms with Crippen LogP contribution in [0.15, 0.2) is 65.6 Å². The zero-order valence-electron chi connectivity index (χ0n) is 22.7. The van der Waals surface area contributed by atoms with Gasteiger partial charge in [-0.25, -0.2) is 13.4 Å². The van der Waals surface area contributed by atoms with Crippen molar-refractivity contribution in [3.63, 3.8) is 0 Å². The van der Waals surface area contributed by atoms with Gasteiger partial charge < -0.3 is 9.64 Å². The van der Waals surface area contributed by atoms with E-state index in [0.717, 1.165) is 28.9 Å². The number of anilines is 2. The molecule has 0 aliphatic rings. The fourth-order valence-electron chi connectivity index (χ4n) is 4.13. The summed E-state index contributed by atoms with van der Waals surface area (Å²) < 4.78 is 34.2. The maximum Gasteiger partial charge on any atom is 0.261 e. The molecule has 3 aromatic carbocycles. The molecule has 0 fully saturated rings. The molecule has 4 rings (SSSR count). The first-order valence-electron chi connectivity index (χ1n) is 12.5. The van der Waals surface area contributed by atoms with E-state index >= 15 is 0 Å². The highest BCUT2D eigenvalue weighted by molar-refractivity contribution is 7.92. The van der Waals surface area contributed by atoms with E-state index in [0.29, 0.717) is 40.2 Å². The summed E-state index contributed by atoms with van der Waals surface area (Å²) >= 11 is 7.69. The molecule has 0 saturated heterocycles. The minimum Gasteiger partial charge on any atom is -0.497 e. The molecule has 0 bridgehead atoms. The maximum atomic E-state index is 13.7. The standard InChI is InChI=1S/C28H31ClN4O4S2.ClH/c1-5-32(6-2)15-16-33(28-30-26-19(3)17-21(29)18-25(26)38-28)27(34)20-7-9-22(10-8-20)31-39(35,36)24-13-11-23(37-4)12-14-24;/h7-14,17-18,31H,5-6,15-16H2,1-4H3;1H. The maximum absolute atomic E-state index is 13.7. The van der Waals surface area contributed by atoms with Crippen molar-refractivity contribution in [3.05, 3.63) is 76.8 Å². The van der Waals surface area contributed by atoms with Crippen LogP contribution in [-0.2, 0) is 10.0 Å². The predicted molar refractivity (Wildman–Crippen MR) is 166 cm³/mol. The van der Waals surface area contributed by atoms with Crippen molar-refractivity contribution >= 4 is 72.3 Å². The number of methoxy groups -OCH3 is 1. The lowest BCUT2D eigenvalue weighted by atomic mass is 10.2. The summed E-state index contributed by atoms with van der Waals surface area (Å²) in [4.78, 5) is 22.6. The van der Waals surface area contributed by atoms with E-state index in [4.69, 9.17) is 21.3 Å². The smallest absolute Gasteiger partial charge is 0.261 e. The number of aromatic nitrogens is 1. The summed E-state index contributed by atoms with van der Waals surface area (Å²) in [6.45, 7) is 9.01. The topological polar surface area (TPSA) is 91.8 Å². The molecular weight excluding hydrogens is 591 g/mol. The lowest BCUT2D eigenvalue weighted by Gasteiger charge is -2.24. The first-order chi connectivity index (χ1) is 18.6. The highest BCUT2D eigenvalue weighted by atomic mass is 35.5. The van der Waals surface area contributed by atoms with Gasteiger partial charge in [0.25, 0.3) is 15.9 Å². The average molecular weight is 624 g/mol. The lowest BCUT2D eigenvalue weighted by Crippen LogP contribution is -2.38. The van der Waals surface area contributed by atoms with Crippen molar-refractivity contribution in [3.8, 4) is 5.75 Å². The molecule has 0 radical (unpaired) electrons. The fourth-order valence-corrected chi connectivity index (χ4v) is 6.63. The van der Waals surface area contributed by atoms with Gasteiger partial charge in [-0.15, -0.1) is 12.4 Å². The Bertz CT molecular complexity index is 1560. The summed E-state index contributed by atoms with van der Waals surface area (Å²) in [6.07, 6.45) is 0. The predicted octanol–water partition coefficient (Wildman–Crippen LogP) is 6.48.